The Kier molecular flexibility index (Phi) is 8.70. The van der Waals surface area contributed by atoms with Crippen LogP contribution in [0.25, 0.3) is 11.3 Å². The molecule has 10 heteroatoms. The van der Waals surface area contributed by atoms with Crippen LogP contribution in [0, 0.1) is 5.82 Å². The van der Waals surface area contributed by atoms with Gasteiger partial charge in [-0.15, -0.1) is 0 Å². The van der Waals surface area contributed by atoms with Crippen LogP contribution in [0.5, 0.6) is 0 Å². The van der Waals surface area contributed by atoms with E-state index in [-0.39, 0.29) is 34.8 Å². The summed E-state index contributed by atoms with van der Waals surface area (Å²) in [5.41, 5.74) is 4.09. The van der Waals surface area contributed by atoms with Gasteiger partial charge >= 0.3 is 0 Å². The second kappa shape index (κ2) is 12.5. The van der Waals surface area contributed by atoms with Crippen molar-refractivity contribution >= 4 is 29.0 Å². The van der Waals surface area contributed by atoms with Gasteiger partial charge in [0, 0.05) is 43.1 Å². The molecule has 0 saturated carbocycles. The van der Waals surface area contributed by atoms with E-state index in [1.165, 1.54) is 21.6 Å². The predicted octanol–water partition coefficient (Wildman–Crippen LogP) is 5.12. The lowest BCUT2D eigenvalue weighted by atomic mass is 9.83. The van der Waals surface area contributed by atoms with Crippen LogP contribution in [0.2, 0.25) is 0 Å². The van der Waals surface area contributed by atoms with Crippen molar-refractivity contribution in [2.24, 2.45) is 7.05 Å². The van der Waals surface area contributed by atoms with Gasteiger partial charge in [-0.25, -0.2) is 9.37 Å². The molecule has 232 valence electrons. The maximum Gasteiger partial charge on any atom is 0.293 e. The Balaban J connectivity index is 1.49. The molecule has 5 rings (SSSR count). The van der Waals surface area contributed by atoms with E-state index in [2.05, 4.69) is 22.2 Å². The Bertz CT molecular complexity index is 1880. The predicted molar refractivity (Wildman–Crippen MR) is 173 cm³/mol. The molecule has 4 aromatic rings. The molecule has 3 N–H and O–H groups in total. The molecule has 0 radical (unpaired) electrons. The van der Waals surface area contributed by atoms with E-state index in [9.17, 15) is 19.5 Å². The van der Waals surface area contributed by atoms with E-state index in [0.29, 0.717) is 46.7 Å². The average Bonchev–Trinajstić information content (AvgIpc) is 3.01. The van der Waals surface area contributed by atoms with Gasteiger partial charge in [0.05, 0.1) is 23.6 Å². The van der Waals surface area contributed by atoms with E-state index in [4.69, 9.17) is 0 Å². The summed E-state index contributed by atoms with van der Waals surface area (Å²) in [6.07, 6.45) is 3.21. The number of aromatic nitrogens is 2. The number of aliphatic hydroxyl groups is 1. The molecule has 0 bridgehead atoms. The number of hydrogen-bond acceptors (Lipinski definition) is 6. The Labute approximate surface area is 261 Å². The third-order valence-corrected chi connectivity index (χ3v) is 7.89. The van der Waals surface area contributed by atoms with Crippen molar-refractivity contribution in [1.82, 2.24) is 14.9 Å². The molecular formula is C35H36FN5O4. The Morgan fingerprint density at radius 3 is 2.60 bits per heavy atom. The van der Waals surface area contributed by atoms with Crippen LogP contribution in [0.15, 0.2) is 78.2 Å². The minimum atomic E-state index is -0.559. The molecule has 2 heterocycles. The number of rotatable bonds is 8. The first kappa shape index (κ1) is 31.3. The van der Waals surface area contributed by atoms with E-state index >= 15 is 4.39 Å². The maximum absolute atomic E-state index is 15.4. The first-order valence-corrected chi connectivity index (χ1v) is 14.6. The minimum Gasteiger partial charge on any atom is -0.392 e. The van der Waals surface area contributed by atoms with Gasteiger partial charge in [0.1, 0.15) is 5.82 Å². The van der Waals surface area contributed by atoms with Gasteiger partial charge in [-0.2, -0.15) is 0 Å². The number of fused-ring (bicyclic) bond motifs is 1. The third kappa shape index (κ3) is 6.41. The molecule has 1 aliphatic rings. The number of hydrogen-bond donors (Lipinski definition) is 3. The number of carbonyl (C=O) groups is 2. The number of anilines is 3. The van der Waals surface area contributed by atoms with Crippen LogP contribution >= 0.6 is 0 Å². The van der Waals surface area contributed by atoms with Crippen LogP contribution in [-0.2, 0) is 36.8 Å². The van der Waals surface area contributed by atoms with Crippen molar-refractivity contribution in [3.8, 4) is 11.3 Å². The number of amides is 2. The molecule has 1 aliphatic heterocycles. The molecule has 0 fully saturated rings. The topological polar surface area (TPSA) is 117 Å². The van der Waals surface area contributed by atoms with Gasteiger partial charge in [0.2, 0.25) is 5.91 Å². The zero-order valence-corrected chi connectivity index (χ0v) is 25.8. The number of carbonyl (C=O) groups excluding carboxylic acids is 2. The van der Waals surface area contributed by atoms with Gasteiger partial charge in [0.25, 0.3) is 11.5 Å². The molecule has 45 heavy (non-hydrogen) atoms. The Morgan fingerprint density at radius 1 is 1.13 bits per heavy atom. The molecular weight excluding hydrogens is 573 g/mol. The highest BCUT2D eigenvalue weighted by molar-refractivity contribution is 6.09. The fourth-order valence-electron chi connectivity index (χ4n) is 5.44. The number of aryl methyl sites for hydroxylation is 1. The highest BCUT2D eigenvalue weighted by atomic mass is 19.1. The molecule has 0 spiro atoms. The summed E-state index contributed by atoms with van der Waals surface area (Å²) in [7, 11) is 1.60. The van der Waals surface area contributed by atoms with Gasteiger partial charge in [-0.1, -0.05) is 57.7 Å². The summed E-state index contributed by atoms with van der Waals surface area (Å²) < 4.78 is 16.8. The summed E-state index contributed by atoms with van der Waals surface area (Å²) in [5.74, 6) is -1.28. The van der Waals surface area contributed by atoms with E-state index < -0.39 is 18.3 Å². The largest absolute Gasteiger partial charge is 0.392 e. The fraction of sp³-hybridized carbons (Fsp3) is 0.257. The standard InChI is InChI=1S/C35H36FN5O4/c1-6-30(43)37-18-21-9-7-10-24(15-21)38-32-34(45)40(5)19-28(39-32)25-11-8-12-29(26(25)20-42)41-14-13-22-16-23(35(2,3)4)17-27(36)31(22)33(41)44/h6-12,15-17,19,42H,1,13-14,18,20H2,2-5H3,(H,37,43)(H,38,39). The summed E-state index contributed by atoms with van der Waals surface area (Å²) in [6.45, 7) is 9.63. The van der Waals surface area contributed by atoms with Crippen molar-refractivity contribution in [3.63, 3.8) is 0 Å². The number of aliphatic hydroxyl groups excluding tert-OH is 1. The molecule has 9 nitrogen and oxygen atoms in total. The first-order chi connectivity index (χ1) is 21.4. The lowest BCUT2D eigenvalue weighted by molar-refractivity contribution is -0.116. The highest BCUT2D eigenvalue weighted by Gasteiger charge is 2.32. The minimum absolute atomic E-state index is 0.0431. The normalized spacial score (nSPS) is 12.9. The number of nitrogens with one attached hydrogen (secondary N) is 2. The summed E-state index contributed by atoms with van der Waals surface area (Å²) >= 11 is 0. The molecule has 0 atom stereocenters. The quantitative estimate of drug-likeness (QED) is 0.239. The van der Waals surface area contributed by atoms with Crippen molar-refractivity contribution in [3.05, 3.63) is 117 Å². The zero-order chi connectivity index (χ0) is 32.5. The second-order valence-corrected chi connectivity index (χ2v) is 12.0. The zero-order valence-electron chi connectivity index (χ0n) is 25.8. The Morgan fingerprint density at radius 2 is 1.89 bits per heavy atom. The first-order valence-electron chi connectivity index (χ1n) is 14.6. The summed E-state index contributed by atoms with van der Waals surface area (Å²) in [6, 6.07) is 15.8. The van der Waals surface area contributed by atoms with Gasteiger partial charge in [0.15, 0.2) is 5.82 Å². The van der Waals surface area contributed by atoms with Gasteiger partial charge in [-0.05, 0) is 58.9 Å². The maximum atomic E-state index is 15.4. The molecule has 0 aliphatic carbocycles. The second-order valence-electron chi connectivity index (χ2n) is 12.0. The fourth-order valence-corrected chi connectivity index (χ4v) is 5.44. The molecule has 2 amide bonds. The van der Waals surface area contributed by atoms with Crippen LogP contribution in [0.4, 0.5) is 21.6 Å². The Hall–Kier alpha value is -5.09. The number of nitrogens with zero attached hydrogens (tertiary/aromatic N) is 3. The van der Waals surface area contributed by atoms with Gasteiger partial charge in [-0.3, -0.25) is 14.4 Å². The molecule has 1 aromatic heterocycles. The van der Waals surface area contributed by atoms with Crippen molar-refractivity contribution < 1.29 is 19.1 Å². The van der Waals surface area contributed by atoms with E-state index in [0.717, 1.165) is 11.1 Å². The van der Waals surface area contributed by atoms with Crippen LogP contribution < -0.4 is 21.1 Å². The summed E-state index contributed by atoms with van der Waals surface area (Å²) in [5, 5.41) is 16.4. The third-order valence-electron chi connectivity index (χ3n) is 7.89. The highest BCUT2D eigenvalue weighted by Crippen LogP contribution is 2.36. The monoisotopic (exact) mass is 609 g/mol. The summed E-state index contributed by atoms with van der Waals surface area (Å²) in [4.78, 5) is 44.5. The van der Waals surface area contributed by atoms with Crippen LogP contribution in [0.3, 0.4) is 0 Å². The van der Waals surface area contributed by atoms with Crippen molar-refractivity contribution in [2.75, 3.05) is 16.8 Å². The van der Waals surface area contributed by atoms with Gasteiger partial charge < -0.3 is 25.2 Å². The SMILES string of the molecule is C=CC(=O)NCc1cccc(Nc2nc(-c3cccc(N4CCc5cc(C(C)(C)C)cc(F)c5C4=O)c3CO)cn(C)c2=O)c1. The number of halogens is 1. The van der Waals surface area contributed by atoms with Crippen molar-refractivity contribution in [1.29, 1.82) is 0 Å². The molecule has 0 unspecified atom stereocenters. The lowest BCUT2D eigenvalue weighted by Gasteiger charge is -2.32. The molecule has 0 saturated heterocycles. The van der Waals surface area contributed by atoms with Crippen LogP contribution in [-0.4, -0.2) is 33.0 Å². The lowest BCUT2D eigenvalue weighted by Crippen LogP contribution is -2.39. The van der Waals surface area contributed by atoms with Crippen LogP contribution in [0.1, 0.15) is 53.4 Å². The number of benzene rings is 3. The average molecular weight is 610 g/mol. The van der Waals surface area contributed by atoms with Crippen molar-refractivity contribution in [2.45, 2.75) is 45.8 Å². The molecule has 3 aromatic carbocycles. The smallest absolute Gasteiger partial charge is 0.293 e. The van der Waals surface area contributed by atoms with E-state index in [1.54, 1.807) is 49.6 Å². The van der Waals surface area contributed by atoms with E-state index in [1.807, 2.05) is 32.9 Å².